The van der Waals surface area contributed by atoms with E-state index < -0.39 is 6.04 Å². The predicted molar refractivity (Wildman–Crippen MR) is 114 cm³/mol. The van der Waals surface area contributed by atoms with Crippen LogP contribution >= 0.6 is 0 Å². The summed E-state index contributed by atoms with van der Waals surface area (Å²) in [5.41, 5.74) is 1.52. The van der Waals surface area contributed by atoms with Gasteiger partial charge in [-0.2, -0.15) is 0 Å². The Morgan fingerprint density at radius 3 is 2.00 bits per heavy atom. The summed E-state index contributed by atoms with van der Waals surface area (Å²) < 4.78 is 0. The van der Waals surface area contributed by atoms with E-state index in [0.29, 0.717) is 38.2 Å². The number of hydrogen-bond acceptors (Lipinski definition) is 3. The molecule has 1 saturated heterocycles. The predicted octanol–water partition coefficient (Wildman–Crippen LogP) is 2.11. The minimum Gasteiger partial charge on any atom is -0.340 e. The number of nitrogens with zero attached hydrogens (tertiary/aromatic N) is 2. The number of piperazine rings is 1. The molecule has 1 unspecified atom stereocenters. The van der Waals surface area contributed by atoms with Gasteiger partial charge in [0.15, 0.2) is 0 Å². The lowest BCUT2D eigenvalue weighted by Crippen LogP contribution is -2.56. The third kappa shape index (κ3) is 4.87. The van der Waals surface area contributed by atoms with Crippen molar-refractivity contribution in [1.82, 2.24) is 15.1 Å². The third-order valence-electron chi connectivity index (χ3n) is 5.75. The monoisotopic (exact) mass is 405 g/mol. The van der Waals surface area contributed by atoms with Gasteiger partial charge in [0.05, 0.1) is 0 Å². The summed E-state index contributed by atoms with van der Waals surface area (Å²) in [5.74, 6) is 0.0673. The number of amides is 3. The summed E-state index contributed by atoms with van der Waals surface area (Å²) in [7, 11) is 0. The van der Waals surface area contributed by atoms with E-state index in [4.69, 9.17) is 0 Å². The largest absolute Gasteiger partial charge is 0.340 e. The number of rotatable bonds is 6. The Morgan fingerprint density at radius 1 is 0.833 bits per heavy atom. The maximum absolute atomic E-state index is 13.3. The van der Waals surface area contributed by atoms with Crippen molar-refractivity contribution in [1.29, 1.82) is 0 Å². The van der Waals surface area contributed by atoms with Crippen LogP contribution in [-0.2, 0) is 16.0 Å². The van der Waals surface area contributed by atoms with Gasteiger partial charge in [-0.3, -0.25) is 14.4 Å². The number of hydrogen-bond donors (Lipinski definition) is 1. The van der Waals surface area contributed by atoms with Crippen molar-refractivity contribution in [3.8, 4) is 0 Å². The molecule has 2 fully saturated rings. The number of nitrogens with one attached hydrogen (secondary N) is 1. The summed E-state index contributed by atoms with van der Waals surface area (Å²) >= 11 is 0. The molecule has 1 saturated carbocycles. The molecule has 2 aromatic carbocycles. The quantitative estimate of drug-likeness (QED) is 0.800. The lowest BCUT2D eigenvalue weighted by atomic mass is 10.0. The van der Waals surface area contributed by atoms with Gasteiger partial charge in [0.25, 0.3) is 5.91 Å². The number of carbonyl (C=O) groups is 3. The summed E-state index contributed by atoms with van der Waals surface area (Å²) in [6, 6.07) is 18.0. The van der Waals surface area contributed by atoms with E-state index in [1.54, 1.807) is 29.2 Å². The summed E-state index contributed by atoms with van der Waals surface area (Å²) in [4.78, 5) is 41.9. The van der Waals surface area contributed by atoms with Gasteiger partial charge in [-0.15, -0.1) is 0 Å². The molecule has 2 aliphatic rings. The van der Waals surface area contributed by atoms with Crippen LogP contribution < -0.4 is 5.32 Å². The second-order valence-corrected chi connectivity index (χ2v) is 8.01. The molecule has 0 spiro atoms. The standard InChI is InChI=1S/C24H27N3O3/c28-22(19-9-5-2-6-10-19)25-21(17-18-7-3-1-4-8-18)24(30)27-15-13-26(14-16-27)23(29)20-11-12-20/h1-10,20-21H,11-17H2,(H,25,28). The highest BCUT2D eigenvalue weighted by molar-refractivity contribution is 5.97. The molecule has 0 radical (unpaired) electrons. The Morgan fingerprint density at radius 2 is 1.40 bits per heavy atom. The first kappa shape index (κ1) is 20.1. The van der Waals surface area contributed by atoms with Crippen LogP contribution in [0.4, 0.5) is 0 Å². The summed E-state index contributed by atoms with van der Waals surface area (Å²) in [5, 5.41) is 2.93. The van der Waals surface area contributed by atoms with Gasteiger partial charge in [0.1, 0.15) is 6.04 Å². The van der Waals surface area contributed by atoms with Crippen molar-refractivity contribution in [2.24, 2.45) is 5.92 Å². The van der Waals surface area contributed by atoms with Crippen molar-refractivity contribution in [2.75, 3.05) is 26.2 Å². The van der Waals surface area contributed by atoms with Crippen LogP contribution in [0.25, 0.3) is 0 Å². The molecule has 6 heteroatoms. The van der Waals surface area contributed by atoms with Crippen LogP contribution in [0.3, 0.4) is 0 Å². The van der Waals surface area contributed by atoms with Gasteiger partial charge >= 0.3 is 0 Å². The van der Waals surface area contributed by atoms with Crippen LogP contribution in [0.2, 0.25) is 0 Å². The zero-order valence-electron chi connectivity index (χ0n) is 17.0. The molecule has 0 aromatic heterocycles. The minimum atomic E-state index is -0.647. The van der Waals surface area contributed by atoms with E-state index in [9.17, 15) is 14.4 Å². The molecule has 1 N–H and O–H groups in total. The Bertz CT molecular complexity index is 888. The van der Waals surface area contributed by atoms with Gasteiger partial charge in [-0.05, 0) is 30.5 Å². The molecule has 2 aromatic rings. The van der Waals surface area contributed by atoms with Crippen molar-refractivity contribution < 1.29 is 14.4 Å². The lowest BCUT2D eigenvalue weighted by molar-refractivity contribution is -0.141. The maximum atomic E-state index is 13.3. The fraction of sp³-hybridized carbons (Fsp3) is 0.375. The minimum absolute atomic E-state index is 0.0957. The topological polar surface area (TPSA) is 69.7 Å². The van der Waals surface area contributed by atoms with Crippen LogP contribution in [-0.4, -0.2) is 59.7 Å². The third-order valence-corrected chi connectivity index (χ3v) is 5.75. The highest BCUT2D eigenvalue weighted by Crippen LogP contribution is 2.31. The van der Waals surface area contributed by atoms with Crippen LogP contribution in [0.15, 0.2) is 60.7 Å². The van der Waals surface area contributed by atoms with Gasteiger partial charge in [0, 0.05) is 44.1 Å². The SMILES string of the molecule is O=C(NC(Cc1ccccc1)C(=O)N1CCN(C(=O)C2CC2)CC1)c1ccccc1. The van der Waals surface area contributed by atoms with Crippen LogP contribution in [0.1, 0.15) is 28.8 Å². The normalized spacial score (nSPS) is 17.3. The molecule has 0 bridgehead atoms. The maximum Gasteiger partial charge on any atom is 0.251 e. The van der Waals surface area contributed by atoms with E-state index in [1.807, 2.05) is 41.3 Å². The zero-order chi connectivity index (χ0) is 20.9. The highest BCUT2D eigenvalue weighted by Gasteiger charge is 2.36. The molecule has 3 amide bonds. The van der Waals surface area contributed by atoms with Crippen molar-refractivity contribution in [3.63, 3.8) is 0 Å². The second kappa shape index (κ2) is 9.11. The van der Waals surface area contributed by atoms with Crippen LogP contribution in [0, 0.1) is 5.92 Å². The van der Waals surface area contributed by atoms with Crippen LogP contribution in [0.5, 0.6) is 0 Å². The van der Waals surface area contributed by atoms with Crippen molar-refractivity contribution in [3.05, 3.63) is 71.8 Å². The van der Waals surface area contributed by atoms with E-state index in [-0.39, 0.29) is 23.6 Å². The number of benzene rings is 2. The highest BCUT2D eigenvalue weighted by atomic mass is 16.2. The Balaban J connectivity index is 1.43. The van der Waals surface area contributed by atoms with E-state index >= 15 is 0 Å². The summed E-state index contributed by atoms with van der Waals surface area (Å²) in [6.45, 7) is 2.13. The first-order valence-electron chi connectivity index (χ1n) is 10.6. The van der Waals surface area contributed by atoms with E-state index in [0.717, 1.165) is 18.4 Å². The fourth-order valence-electron chi connectivity index (χ4n) is 3.84. The Hall–Kier alpha value is -3.15. The molecule has 1 aliphatic heterocycles. The Kier molecular flexibility index (Phi) is 6.12. The first-order valence-corrected chi connectivity index (χ1v) is 10.6. The molecule has 1 aliphatic carbocycles. The average molecular weight is 405 g/mol. The zero-order valence-corrected chi connectivity index (χ0v) is 17.0. The van der Waals surface area contributed by atoms with Crippen molar-refractivity contribution >= 4 is 17.7 Å². The van der Waals surface area contributed by atoms with Gasteiger partial charge in [-0.1, -0.05) is 48.5 Å². The van der Waals surface area contributed by atoms with E-state index in [1.165, 1.54) is 0 Å². The molecule has 30 heavy (non-hydrogen) atoms. The van der Waals surface area contributed by atoms with E-state index in [2.05, 4.69) is 5.32 Å². The molecule has 4 rings (SSSR count). The molecule has 6 nitrogen and oxygen atoms in total. The molecule has 1 heterocycles. The van der Waals surface area contributed by atoms with Gasteiger partial charge in [0.2, 0.25) is 11.8 Å². The second-order valence-electron chi connectivity index (χ2n) is 8.01. The lowest BCUT2D eigenvalue weighted by Gasteiger charge is -2.36. The number of carbonyl (C=O) groups excluding carboxylic acids is 3. The smallest absolute Gasteiger partial charge is 0.251 e. The summed E-state index contributed by atoms with van der Waals surface area (Å²) in [6.07, 6.45) is 2.41. The van der Waals surface area contributed by atoms with Crippen molar-refractivity contribution in [2.45, 2.75) is 25.3 Å². The molecular formula is C24H27N3O3. The molecule has 156 valence electrons. The molecular weight excluding hydrogens is 378 g/mol. The first-order chi connectivity index (χ1) is 14.6. The Labute approximate surface area is 176 Å². The van der Waals surface area contributed by atoms with Gasteiger partial charge in [-0.25, -0.2) is 0 Å². The van der Waals surface area contributed by atoms with Gasteiger partial charge < -0.3 is 15.1 Å². The average Bonchev–Trinajstić information content (AvgIpc) is 3.64. The molecule has 1 atom stereocenters. The fourth-order valence-corrected chi connectivity index (χ4v) is 3.84.